The molecule has 166 valence electrons. The number of carbonyl (C=O) groups is 2. The molecule has 1 amide bonds. The lowest BCUT2D eigenvalue weighted by atomic mass is 9.94. The normalized spacial score (nSPS) is 18.6. The van der Waals surface area contributed by atoms with Gasteiger partial charge in [0.25, 0.3) is 5.91 Å². The second kappa shape index (κ2) is 8.96. The van der Waals surface area contributed by atoms with Crippen molar-refractivity contribution in [2.24, 2.45) is 0 Å². The van der Waals surface area contributed by atoms with Gasteiger partial charge in [-0.2, -0.15) is 5.01 Å². The van der Waals surface area contributed by atoms with Crippen LogP contribution in [0.1, 0.15) is 28.3 Å². The molecule has 1 aliphatic heterocycles. The summed E-state index contributed by atoms with van der Waals surface area (Å²) in [6, 6.07) is 16.0. The molecule has 2 aliphatic rings. The van der Waals surface area contributed by atoms with E-state index in [-0.39, 0.29) is 25.0 Å². The maximum Gasteiger partial charge on any atom is 0.276 e. The third-order valence-corrected chi connectivity index (χ3v) is 6.17. The molecule has 0 unspecified atom stereocenters. The Labute approximate surface area is 186 Å². The summed E-state index contributed by atoms with van der Waals surface area (Å²) in [5.41, 5.74) is 4.34. The zero-order valence-electron chi connectivity index (χ0n) is 18.0. The Hall–Kier alpha value is -3.45. The molecule has 0 aromatic heterocycles. The van der Waals surface area contributed by atoms with E-state index >= 15 is 0 Å². The van der Waals surface area contributed by atoms with Crippen LogP contribution >= 0.6 is 0 Å². The molecule has 1 heterocycles. The summed E-state index contributed by atoms with van der Waals surface area (Å²) >= 11 is 0. The quantitative estimate of drug-likeness (QED) is 0.577. The Kier molecular flexibility index (Phi) is 6.10. The van der Waals surface area contributed by atoms with Crippen LogP contribution in [0.3, 0.4) is 0 Å². The number of aliphatic hydroxyl groups excluding tert-OH is 1. The summed E-state index contributed by atoms with van der Waals surface area (Å²) in [5.74, 6) is -2.05. The van der Waals surface area contributed by atoms with E-state index in [2.05, 4.69) is 30.8 Å². The highest BCUT2D eigenvalue weighted by Crippen LogP contribution is 2.39. The first-order valence-corrected chi connectivity index (χ1v) is 10.6. The number of halogens is 1. The predicted molar refractivity (Wildman–Crippen MR) is 119 cm³/mol. The molecule has 0 spiro atoms. The zero-order chi connectivity index (χ0) is 22.8. The standard InChI is InChI=1S/C25H26FN3O3/c1-3-21(30)24(31)23-25(32)28(15-14-26)16-29(27(23)2)22-19-10-6-4-8-17(19)12-13-18-9-5-7-11-20(18)22/h3-11,22,31H,1,12-16H2,2H3/b24-23+. The van der Waals surface area contributed by atoms with Crippen LogP contribution in [0, 0.1) is 0 Å². The van der Waals surface area contributed by atoms with E-state index < -0.39 is 24.1 Å². The number of aryl methyl sites for hydroxylation is 2. The molecular weight excluding hydrogens is 409 g/mol. The van der Waals surface area contributed by atoms with Crippen LogP contribution in [-0.4, -0.2) is 58.7 Å². The number of allylic oxidation sites excluding steroid dienone is 1. The van der Waals surface area contributed by atoms with Crippen molar-refractivity contribution in [3.63, 3.8) is 0 Å². The van der Waals surface area contributed by atoms with E-state index in [0.29, 0.717) is 0 Å². The smallest absolute Gasteiger partial charge is 0.276 e. The number of nitrogens with zero attached hydrogens (tertiary/aromatic N) is 3. The first-order valence-electron chi connectivity index (χ1n) is 10.6. The minimum absolute atomic E-state index is 0.117. The van der Waals surface area contributed by atoms with Crippen molar-refractivity contribution in [3.8, 4) is 0 Å². The molecule has 0 bridgehead atoms. The van der Waals surface area contributed by atoms with Crippen LogP contribution in [0.15, 0.2) is 72.6 Å². The fraction of sp³-hybridized carbons (Fsp3) is 0.280. The Morgan fingerprint density at radius 2 is 1.69 bits per heavy atom. The fourth-order valence-corrected chi connectivity index (χ4v) is 4.56. The van der Waals surface area contributed by atoms with Crippen molar-refractivity contribution in [1.29, 1.82) is 0 Å². The van der Waals surface area contributed by atoms with Crippen LogP contribution in [0.4, 0.5) is 4.39 Å². The molecular formula is C25H26FN3O3. The number of amides is 1. The van der Waals surface area contributed by atoms with Gasteiger partial charge in [0, 0.05) is 7.05 Å². The minimum Gasteiger partial charge on any atom is -0.503 e. The molecule has 1 aliphatic carbocycles. The van der Waals surface area contributed by atoms with Gasteiger partial charge in [0.05, 0.1) is 19.3 Å². The molecule has 4 rings (SSSR count). The van der Waals surface area contributed by atoms with Crippen molar-refractivity contribution >= 4 is 11.7 Å². The number of alkyl halides is 1. The van der Waals surface area contributed by atoms with E-state index in [9.17, 15) is 19.1 Å². The maximum atomic E-state index is 13.3. The van der Waals surface area contributed by atoms with Gasteiger partial charge in [-0.05, 0) is 41.2 Å². The van der Waals surface area contributed by atoms with E-state index in [1.807, 2.05) is 29.3 Å². The van der Waals surface area contributed by atoms with E-state index in [1.165, 1.54) is 21.0 Å². The number of hydrogen-bond acceptors (Lipinski definition) is 5. The van der Waals surface area contributed by atoms with Gasteiger partial charge in [0.2, 0.25) is 5.78 Å². The summed E-state index contributed by atoms with van der Waals surface area (Å²) in [5, 5.41) is 14.0. The summed E-state index contributed by atoms with van der Waals surface area (Å²) < 4.78 is 13.3. The number of ketones is 1. The van der Waals surface area contributed by atoms with Gasteiger partial charge in [-0.25, -0.2) is 4.39 Å². The number of hydrogen-bond donors (Lipinski definition) is 1. The summed E-state index contributed by atoms with van der Waals surface area (Å²) in [4.78, 5) is 26.6. The van der Waals surface area contributed by atoms with Crippen LogP contribution in [0.25, 0.3) is 0 Å². The van der Waals surface area contributed by atoms with Gasteiger partial charge in [-0.15, -0.1) is 0 Å². The molecule has 0 saturated carbocycles. The van der Waals surface area contributed by atoms with E-state index in [4.69, 9.17) is 0 Å². The van der Waals surface area contributed by atoms with Crippen LogP contribution < -0.4 is 0 Å². The number of rotatable bonds is 5. The average molecular weight is 435 g/mol. The molecule has 0 radical (unpaired) electrons. The molecule has 32 heavy (non-hydrogen) atoms. The van der Waals surface area contributed by atoms with Gasteiger partial charge >= 0.3 is 0 Å². The number of benzene rings is 2. The second-order valence-electron chi connectivity index (χ2n) is 7.93. The second-order valence-corrected chi connectivity index (χ2v) is 7.93. The van der Waals surface area contributed by atoms with Crippen molar-refractivity contribution in [2.75, 3.05) is 26.9 Å². The van der Waals surface area contributed by atoms with Crippen molar-refractivity contribution in [2.45, 2.75) is 18.9 Å². The number of fused-ring (bicyclic) bond motifs is 2. The van der Waals surface area contributed by atoms with Crippen LogP contribution in [0.2, 0.25) is 0 Å². The number of aliphatic hydroxyl groups is 1. The topological polar surface area (TPSA) is 64.1 Å². The zero-order valence-corrected chi connectivity index (χ0v) is 18.0. The lowest BCUT2D eigenvalue weighted by molar-refractivity contribution is -0.152. The molecule has 1 saturated heterocycles. The molecule has 1 N–H and O–H groups in total. The first-order chi connectivity index (χ1) is 15.5. The lowest BCUT2D eigenvalue weighted by Crippen LogP contribution is -2.58. The first kappa shape index (κ1) is 21.8. The Morgan fingerprint density at radius 3 is 2.22 bits per heavy atom. The minimum atomic E-state index is -0.760. The lowest BCUT2D eigenvalue weighted by Gasteiger charge is -2.47. The molecule has 0 atom stereocenters. The third-order valence-electron chi connectivity index (χ3n) is 6.17. The van der Waals surface area contributed by atoms with Gasteiger partial charge in [0.15, 0.2) is 11.5 Å². The van der Waals surface area contributed by atoms with E-state index in [1.54, 1.807) is 7.05 Å². The van der Waals surface area contributed by atoms with Gasteiger partial charge < -0.3 is 10.0 Å². The predicted octanol–water partition coefficient (Wildman–Crippen LogP) is 3.32. The van der Waals surface area contributed by atoms with Crippen molar-refractivity contribution in [1.82, 2.24) is 14.9 Å². The van der Waals surface area contributed by atoms with Crippen LogP contribution in [-0.2, 0) is 22.4 Å². The maximum absolute atomic E-state index is 13.3. The van der Waals surface area contributed by atoms with Gasteiger partial charge in [-0.3, -0.25) is 14.6 Å². The number of likely N-dealkylation sites (N-methyl/N-ethyl adjacent to an activating group) is 1. The number of carbonyl (C=O) groups excluding carboxylic acids is 2. The molecule has 6 nitrogen and oxygen atoms in total. The Balaban J connectivity index is 1.91. The number of hydrazine groups is 1. The Morgan fingerprint density at radius 1 is 1.12 bits per heavy atom. The third kappa shape index (κ3) is 3.69. The van der Waals surface area contributed by atoms with Gasteiger partial charge in [0.1, 0.15) is 6.67 Å². The summed E-state index contributed by atoms with van der Waals surface area (Å²) in [6.45, 7) is 2.65. The average Bonchev–Trinajstić information content (AvgIpc) is 2.97. The largest absolute Gasteiger partial charge is 0.503 e. The fourth-order valence-electron chi connectivity index (χ4n) is 4.56. The highest BCUT2D eigenvalue weighted by Gasteiger charge is 2.41. The molecule has 2 aromatic carbocycles. The summed E-state index contributed by atoms with van der Waals surface area (Å²) in [6.07, 6.45) is 2.70. The van der Waals surface area contributed by atoms with Crippen molar-refractivity contribution < 1.29 is 19.1 Å². The monoisotopic (exact) mass is 435 g/mol. The van der Waals surface area contributed by atoms with Crippen molar-refractivity contribution in [3.05, 3.63) is 94.9 Å². The Bertz CT molecular complexity index is 1050. The molecule has 2 aromatic rings. The molecule has 7 heteroatoms. The summed E-state index contributed by atoms with van der Waals surface area (Å²) in [7, 11) is 1.64. The van der Waals surface area contributed by atoms with Crippen LogP contribution in [0.5, 0.6) is 0 Å². The van der Waals surface area contributed by atoms with Gasteiger partial charge in [-0.1, -0.05) is 55.1 Å². The van der Waals surface area contributed by atoms with E-state index in [0.717, 1.165) is 30.0 Å². The highest BCUT2D eigenvalue weighted by molar-refractivity contribution is 6.08. The molecule has 1 fully saturated rings. The SMILES string of the molecule is C=CC(=O)/C(O)=C1/C(=O)N(CCF)CN(C2c3ccccc3CCc3ccccc32)N1C. The highest BCUT2D eigenvalue weighted by atomic mass is 19.1.